The Balaban J connectivity index is 2.15. The van der Waals surface area contributed by atoms with Crippen LogP contribution < -0.4 is 21.3 Å². The average Bonchev–Trinajstić information content (AvgIpc) is 3.48. The Morgan fingerprint density at radius 3 is 2.39 bits per heavy atom. The van der Waals surface area contributed by atoms with E-state index < -0.39 is 54.0 Å². The molecule has 0 aromatic carbocycles. The summed E-state index contributed by atoms with van der Waals surface area (Å²) in [6, 6.07) is -4.03. The Hall–Kier alpha value is -2.99. The van der Waals surface area contributed by atoms with Crippen molar-refractivity contribution in [1.29, 1.82) is 0 Å². The van der Waals surface area contributed by atoms with Crippen molar-refractivity contribution < 1.29 is 29.4 Å². The van der Waals surface area contributed by atoms with Gasteiger partial charge in [0, 0.05) is 18.3 Å². The molecule has 1 saturated heterocycles. The fraction of sp³-hybridized carbons (Fsp3) is 0.667. The van der Waals surface area contributed by atoms with Crippen LogP contribution in [0, 0.1) is 5.92 Å². The highest BCUT2D eigenvalue weighted by molar-refractivity contribution is 5.94. The standard InChI is InChI=1S/C21H34N6O6/c1-4-11(2)16(21(32)33)26-19(30)15(8-13-9-22-10-24-13)25-20(31)17(12(3)28)27-18(29)14-6-5-7-23-14/h9-12,14-17,23,28H,4-8H2,1-3H3,(H,22,24)(H,25,31)(H,26,30)(H,27,29)(H,32,33). The van der Waals surface area contributed by atoms with E-state index in [0.29, 0.717) is 25.1 Å². The summed E-state index contributed by atoms with van der Waals surface area (Å²) in [5, 5.41) is 30.2. The van der Waals surface area contributed by atoms with Crippen LogP contribution in [-0.2, 0) is 25.6 Å². The van der Waals surface area contributed by atoms with Gasteiger partial charge >= 0.3 is 5.97 Å². The summed E-state index contributed by atoms with van der Waals surface area (Å²) >= 11 is 0. The molecule has 1 aromatic rings. The van der Waals surface area contributed by atoms with Gasteiger partial charge in [-0.1, -0.05) is 20.3 Å². The summed E-state index contributed by atoms with van der Waals surface area (Å²) in [5.41, 5.74) is 0.540. The van der Waals surface area contributed by atoms with Gasteiger partial charge in [0.15, 0.2) is 0 Å². The summed E-state index contributed by atoms with van der Waals surface area (Å²) in [5.74, 6) is -3.38. The quantitative estimate of drug-likeness (QED) is 0.197. The fourth-order valence-electron chi connectivity index (χ4n) is 3.59. The largest absolute Gasteiger partial charge is 0.480 e. The monoisotopic (exact) mass is 466 g/mol. The van der Waals surface area contributed by atoms with E-state index in [0.717, 1.165) is 6.42 Å². The number of aromatic amines is 1. The van der Waals surface area contributed by atoms with Crippen molar-refractivity contribution in [3.05, 3.63) is 18.2 Å². The molecule has 1 aromatic heterocycles. The molecule has 0 spiro atoms. The first kappa shape index (κ1) is 26.3. The number of H-pyrrole nitrogens is 1. The normalized spacial score (nSPS) is 20.2. The molecule has 184 valence electrons. The van der Waals surface area contributed by atoms with E-state index in [-0.39, 0.29) is 12.3 Å². The van der Waals surface area contributed by atoms with E-state index in [1.165, 1.54) is 19.4 Å². The number of aromatic nitrogens is 2. The summed E-state index contributed by atoms with van der Waals surface area (Å²) < 4.78 is 0. The number of carboxylic acids is 1. The van der Waals surface area contributed by atoms with E-state index in [9.17, 15) is 29.4 Å². The van der Waals surface area contributed by atoms with Crippen molar-refractivity contribution >= 4 is 23.7 Å². The molecular formula is C21H34N6O6. The molecule has 2 rings (SSSR count). The predicted octanol–water partition coefficient (Wildman–Crippen LogP) is -1.33. The van der Waals surface area contributed by atoms with Crippen molar-refractivity contribution in [1.82, 2.24) is 31.2 Å². The lowest BCUT2D eigenvalue weighted by Crippen LogP contribution is -2.60. The molecule has 1 fully saturated rings. The van der Waals surface area contributed by atoms with Gasteiger partial charge in [0.1, 0.15) is 18.1 Å². The molecule has 3 amide bonds. The number of aliphatic carboxylic acids is 1. The minimum absolute atomic E-state index is 0.00900. The van der Waals surface area contributed by atoms with Crippen LogP contribution in [0.3, 0.4) is 0 Å². The van der Waals surface area contributed by atoms with Crippen molar-refractivity contribution in [3.63, 3.8) is 0 Å². The van der Waals surface area contributed by atoms with E-state index >= 15 is 0 Å². The smallest absolute Gasteiger partial charge is 0.326 e. The lowest BCUT2D eigenvalue weighted by Gasteiger charge is -2.27. The Labute approximate surface area is 192 Å². The molecule has 12 nitrogen and oxygen atoms in total. The molecule has 12 heteroatoms. The van der Waals surface area contributed by atoms with Crippen molar-refractivity contribution in [2.24, 2.45) is 5.92 Å². The molecule has 2 heterocycles. The predicted molar refractivity (Wildman–Crippen MR) is 118 cm³/mol. The van der Waals surface area contributed by atoms with E-state index in [1.807, 2.05) is 6.92 Å². The van der Waals surface area contributed by atoms with E-state index in [1.54, 1.807) is 6.92 Å². The highest BCUT2D eigenvalue weighted by Crippen LogP contribution is 2.10. The number of nitrogens with zero attached hydrogens (tertiary/aromatic N) is 1. The van der Waals surface area contributed by atoms with Gasteiger partial charge in [-0.2, -0.15) is 0 Å². The van der Waals surface area contributed by atoms with Gasteiger partial charge in [0.25, 0.3) is 0 Å². The zero-order valence-electron chi connectivity index (χ0n) is 19.1. The second kappa shape index (κ2) is 12.3. The molecule has 33 heavy (non-hydrogen) atoms. The second-order valence-corrected chi connectivity index (χ2v) is 8.43. The van der Waals surface area contributed by atoms with Gasteiger partial charge in [0.05, 0.1) is 18.5 Å². The number of hydrogen-bond acceptors (Lipinski definition) is 7. The number of aliphatic hydroxyl groups is 1. The maximum absolute atomic E-state index is 13.0. The minimum atomic E-state index is -1.29. The molecule has 6 atom stereocenters. The van der Waals surface area contributed by atoms with Gasteiger partial charge in [-0.25, -0.2) is 9.78 Å². The van der Waals surface area contributed by atoms with Gasteiger partial charge in [-0.3, -0.25) is 14.4 Å². The zero-order valence-corrected chi connectivity index (χ0v) is 19.1. The number of imidazole rings is 1. The summed E-state index contributed by atoms with van der Waals surface area (Å²) in [6.07, 6.45) is 3.66. The van der Waals surface area contributed by atoms with E-state index in [2.05, 4.69) is 31.2 Å². The Morgan fingerprint density at radius 1 is 1.15 bits per heavy atom. The number of rotatable bonds is 12. The molecule has 1 aliphatic rings. The third-order valence-electron chi connectivity index (χ3n) is 5.83. The van der Waals surface area contributed by atoms with Crippen molar-refractivity contribution in [2.45, 2.75) is 76.7 Å². The average molecular weight is 467 g/mol. The number of carboxylic acid groups (broad SMARTS) is 1. The third kappa shape index (κ3) is 7.53. The Bertz CT molecular complexity index is 808. The molecule has 0 radical (unpaired) electrons. The van der Waals surface area contributed by atoms with E-state index in [4.69, 9.17) is 0 Å². The first-order chi connectivity index (χ1) is 15.6. The fourth-order valence-corrected chi connectivity index (χ4v) is 3.59. The van der Waals surface area contributed by atoms with Crippen LogP contribution in [0.1, 0.15) is 45.7 Å². The van der Waals surface area contributed by atoms with Crippen LogP contribution in [0.2, 0.25) is 0 Å². The minimum Gasteiger partial charge on any atom is -0.480 e. The number of carbonyl (C=O) groups is 4. The zero-order chi connectivity index (χ0) is 24.5. The number of nitrogens with one attached hydrogen (secondary N) is 5. The lowest BCUT2D eigenvalue weighted by molar-refractivity contribution is -0.144. The number of aliphatic hydroxyl groups excluding tert-OH is 1. The summed E-state index contributed by atoms with van der Waals surface area (Å²) in [7, 11) is 0. The van der Waals surface area contributed by atoms with Crippen LogP contribution in [0.5, 0.6) is 0 Å². The maximum Gasteiger partial charge on any atom is 0.326 e. The molecule has 7 N–H and O–H groups in total. The van der Waals surface area contributed by atoms with Crippen molar-refractivity contribution in [3.8, 4) is 0 Å². The first-order valence-electron chi connectivity index (χ1n) is 11.2. The number of hydrogen-bond donors (Lipinski definition) is 7. The highest BCUT2D eigenvalue weighted by Gasteiger charge is 2.34. The van der Waals surface area contributed by atoms with Crippen molar-refractivity contribution in [2.75, 3.05) is 6.54 Å². The Kier molecular flexibility index (Phi) is 9.79. The molecule has 6 unspecified atom stereocenters. The number of amides is 3. The topological polar surface area (TPSA) is 186 Å². The second-order valence-electron chi connectivity index (χ2n) is 8.43. The molecule has 1 aliphatic heterocycles. The summed E-state index contributed by atoms with van der Waals surface area (Å²) in [4.78, 5) is 56.8. The first-order valence-corrected chi connectivity index (χ1v) is 11.2. The SMILES string of the molecule is CCC(C)C(NC(=O)C(Cc1cnc[nH]1)NC(=O)C(NC(=O)C1CCCN1)C(C)O)C(=O)O. The molecule has 0 bridgehead atoms. The van der Waals surface area contributed by atoms with Crippen LogP contribution in [0.25, 0.3) is 0 Å². The van der Waals surface area contributed by atoms with Crippen LogP contribution >= 0.6 is 0 Å². The van der Waals surface area contributed by atoms with Gasteiger partial charge < -0.3 is 36.5 Å². The Morgan fingerprint density at radius 2 is 1.88 bits per heavy atom. The van der Waals surface area contributed by atoms with Crippen LogP contribution in [0.4, 0.5) is 0 Å². The van der Waals surface area contributed by atoms with Crippen LogP contribution in [0.15, 0.2) is 12.5 Å². The van der Waals surface area contributed by atoms with Gasteiger partial charge in [-0.15, -0.1) is 0 Å². The number of carbonyl (C=O) groups excluding carboxylic acids is 3. The maximum atomic E-state index is 13.0. The van der Waals surface area contributed by atoms with Gasteiger partial charge in [-0.05, 0) is 32.2 Å². The molecule has 0 aliphatic carbocycles. The highest BCUT2D eigenvalue weighted by atomic mass is 16.4. The summed E-state index contributed by atoms with van der Waals surface area (Å²) in [6.45, 7) is 5.57. The van der Waals surface area contributed by atoms with Gasteiger partial charge in [0.2, 0.25) is 17.7 Å². The lowest BCUT2D eigenvalue weighted by atomic mass is 9.98. The van der Waals surface area contributed by atoms with Crippen LogP contribution in [-0.4, -0.2) is 80.7 Å². The third-order valence-corrected chi connectivity index (χ3v) is 5.83. The molecular weight excluding hydrogens is 432 g/mol. The molecule has 0 saturated carbocycles.